The van der Waals surface area contributed by atoms with E-state index in [-0.39, 0.29) is 16.9 Å². The van der Waals surface area contributed by atoms with Crippen LogP contribution in [0.15, 0.2) is 45.7 Å². The van der Waals surface area contributed by atoms with Gasteiger partial charge < -0.3 is 0 Å². The molecule has 0 aliphatic carbocycles. The van der Waals surface area contributed by atoms with Gasteiger partial charge in [0, 0.05) is 15.7 Å². The van der Waals surface area contributed by atoms with Crippen LogP contribution >= 0.6 is 15.9 Å². The Balaban J connectivity index is 2.48. The minimum absolute atomic E-state index is 0.196. The van der Waals surface area contributed by atoms with E-state index in [4.69, 9.17) is 0 Å². The summed E-state index contributed by atoms with van der Waals surface area (Å²) in [5.74, 6) is -0.268. The molecule has 5 heteroatoms. The fourth-order valence-corrected chi connectivity index (χ4v) is 2.46. The molecule has 2 rings (SSSR count). The average molecular weight is 335 g/mol. The number of benzene rings is 1. The Labute approximate surface area is 125 Å². The highest BCUT2D eigenvalue weighted by Gasteiger charge is 2.21. The van der Waals surface area contributed by atoms with Gasteiger partial charge in [0.1, 0.15) is 5.56 Å². The molecule has 0 aliphatic heterocycles. The molecule has 1 aromatic carbocycles. The van der Waals surface area contributed by atoms with Gasteiger partial charge in [-0.2, -0.15) is 0 Å². The highest BCUT2D eigenvalue weighted by Crippen LogP contribution is 2.19. The first-order chi connectivity index (χ1) is 9.56. The van der Waals surface area contributed by atoms with Gasteiger partial charge >= 0.3 is 0 Å². The van der Waals surface area contributed by atoms with Crippen LogP contribution in [0.2, 0.25) is 0 Å². The number of aromatic nitrogens is 2. The molecule has 0 radical (unpaired) electrons. The van der Waals surface area contributed by atoms with E-state index in [0.717, 1.165) is 0 Å². The van der Waals surface area contributed by atoms with Crippen LogP contribution in [0.4, 0.5) is 0 Å². The molecule has 0 saturated carbocycles. The number of allylic oxidation sites excluding steroid dienone is 2. The normalized spacial score (nSPS) is 11.2. The van der Waals surface area contributed by atoms with Crippen molar-refractivity contribution in [2.45, 2.75) is 20.4 Å². The number of ketones is 1. The third-order valence-corrected chi connectivity index (χ3v) is 3.70. The summed E-state index contributed by atoms with van der Waals surface area (Å²) in [6, 6.07) is 7.09. The van der Waals surface area contributed by atoms with Crippen LogP contribution < -0.4 is 5.56 Å². The topological polar surface area (TPSA) is 54.9 Å². The van der Waals surface area contributed by atoms with Crippen LogP contribution in [0, 0.1) is 6.92 Å². The van der Waals surface area contributed by atoms with Gasteiger partial charge in [-0.1, -0.05) is 40.2 Å². The van der Waals surface area contributed by atoms with E-state index in [1.807, 2.05) is 25.1 Å². The minimum atomic E-state index is -0.290. The second kappa shape index (κ2) is 6.05. The maximum atomic E-state index is 12.5. The van der Waals surface area contributed by atoms with Gasteiger partial charge in [-0.15, -0.1) is 0 Å². The number of H-pyrrole nitrogens is 1. The molecule has 1 heterocycles. The van der Waals surface area contributed by atoms with Crippen molar-refractivity contribution in [1.82, 2.24) is 9.78 Å². The van der Waals surface area contributed by atoms with Gasteiger partial charge in [0.25, 0.3) is 5.56 Å². The Hall–Kier alpha value is -1.88. The molecule has 0 unspecified atom stereocenters. The second-order valence-electron chi connectivity index (χ2n) is 4.41. The van der Waals surface area contributed by atoms with E-state index in [1.165, 1.54) is 4.68 Å². The van der Waals surface area contributed by atoms with E-state index < -0.39 is 0 Å². The smallest absolute Gasteiger partial charge is 0.278 e. The lowest BCUT2D eigenvalue weighted by molar-refractivity contribution is 0.103. The van der Waals surface area contributed by atoms with Crippen molar-refractivity contribution in [3.8, 4) is 0 Å². The molecule has 104 valence electrons. The summed E-state index contributed by atoms with van der Waals surface area (Å²) in [5, 5.41) is 2.93. The fraction of sp³-hybridized carbons (Fsp3) is 0.200. The van der Waals surface area contributed by atoms with Crippen LogP contribution in [0.1, 0.15) is 28.5 Å². The van der Waals surface area contributed by atoms with Crippen LogP contribution in [0.25, 0.3) is 0 Å². The molecule has 0 spiro atoms. The maximum Gasteiger partial charge on any atom is 0.278 e. The summed E-state index contributed by atoms with van der Waals surface area (Å²) in [6.07, 6.45) is 3.71. The largest absolute Gasteiger partial charge is 0.299 e. The van der Waals surface area contributed by atoms with Crippen LogP contribution in [0.3, 0.4) is 0 Å². The summed E-state index contributed by atoms with van der Waals surface area (Å²) in [5.41, 5.74) is 0.980. The summed E-state index contributed by atoms with van der Waals surface area (Å²) in [7, 11) is 0. The number of nitrogens with zero attached hydrogens (tertiary/aromatic N) is 1. The van der Waals surface area contributed by atoms with Gasteiger partial charge in [0.15, 0.2) is 0 Å². The Morgan fingerprint density at radius 2 is 2.10 bits per heavy atom. The number of hydrogen-bond donors (Lipinski definition) is 1. The zero-order chi connectivity index (χ0) is 14.7. The molecule has 0 saturated heterocycles. The Bertz CT molecular complexity index is 726. The van der Waals surface area contributed by atoms with E-state index in [0.29, 0.717) is 22.3 Å². The van der Waals surface area contributed by atoms with Gasteiger partial charge in [0.2, 0.25) is 5.78 Å². The molecule has 1 N–H and O–H groups in total. The molecular weight excluding hydrogens is 320 g/mol. The molecule has 1 aromatic heterocycles. The number of aromatic amines is 1. The first kappa shape index (κ1) is 14.5. The molecular formula is C15H15BrN2O2. The van der Waals surface area contributed by atoms with Crippen molar-refractivity contribution >= 4 is 21.7 Å². The zero-order valence-electron chi connectivity index (χ0n) is 11.3. The number of rotatable bonds is 4. The van der Waals surface area contributed by atoms with Crippen molar-refractivity contribution < 1.29 is 4.79 Å². The molecule has 0 aliphatic rings. The summed E-state index contributed by atoms with van der Waals surface area (Å²) < 4.78 is 2.12. The van der Waals surface area contributed by atoms with Crippen molar-refractivity contribution in [1.29, 1.82) is 0 Å². The Morgan fingerprint density at radius 3 is 2.75 bits per heavy atom. The lowest BCUT2D eigenvalue weighted by Crippen LogP contribution is -2.21. The lowest BCUT2D eigenvalue weighted by Gasteiger charge is -2.01. The maximum absolute atomic E-state index is 12.5. The first-order valence-electron chi connectivity index (χ1n) is 6.26. The molecule has 2 aromatic rings. The van der Waals surface area contributed by atoms with Crippen molar-refractivity contribution in [3.05, 3.63) is 68.1 Å². The van der Waals surface area contributed by atoms with E-state index >= 15 is 0 Å². The van der Waals surface area contributed by atoms with Gasteiger partial charge in [-0.3, -0.25) is 14.7 Å². The molecule has 0 atom stereocenters. The molecule has 20 heavy (non-hydrogen) atoms. The predicted octanol–water partition coefficient (Wildman–Crippen LogP) is 3.05. The van der Waals surface area contributed by atoms with E-state index in [9.17, 15) is 9.59 Å². The predicted molar refractivity (Wildman–Crippen MR) is 82.2 cm³/mol. The number of carbonyl (C=O) groups is 1. The lowest BCUT2D eigenvalue weighted by atomic mass is 10.0. The van der Waals surface area contributed by atoms with Gasteiger partial charge in [0.05, 0.1) is 6.54 Å². The second-order valence-corrected chi connectivity index (χ2v) is 5.26. The first-order valence-corrected chi connectivity index (χ1v) is 7.05. The number of halogens is 1. The van der Waals surface area contributed by atoms with Crippen molar-refractivity contribution in [2.75, 3.05) is 0 Å². The van der Waals surface area contributed by atoms with Crippen molar-refractivity contribution in [2.24, 2.45) is 0 Å². The van der Waals surface area contributed by atoms with Gasteiger partial charge in [-0.05, 0) is 26.0 Å². The standard InChI is InChI=1S/C15H15BrN2O2/c1-3-4-9-18-15(20)13(10(2)17-18)14(19)11-7-5-6-8-12(11)16/h3-8,17H,9H2,1-2H3/b4-3+. The highest BCUT2D eigenvalue weighted by atomic mass is 79.9. The van der Waals surface area contributed by atoms with E-state index in [1.54, 1.807) is 25.1 Å². The van der Waals surface area contributed by atoms with Crippen molar-refractivity contribution in [3.63, 3.8) is 0 Å². The third-order valence-electron chi connectivity index (χ3n) is 3.01. The number of aryl methyl sites for hydroxylation is 1. The third kappa shape index (κ3) is 2.67. The summed E-state index contributed by atoms with van der Waals surface area (Å²) >= 11 is 3.34. The molecule has 0 fully saturated rings. The van der Waals surface area contributed by atoms with Gasteiger partial charge in [-0.25, -0.2) is 4.68 Å². The summed E-state index contributed by atoms with van der Waals surface area (Å²) in [4.78, 5) is 24.8. The Kier molecular flexibility index (Phi) is 4.39. The number of nitrogens with one attached hydrogen (secondary N) is 1. The highest BCUT2D eigenvalue weighted by molar-refractivity contribution is 9.10. The average Bonchev–Trinajstić information content (AvgIpc) is 2.71. The minimum Gasteiger partial charge on any atom is -0.299 e. The van der Waals surface area contributed by atoms with E-state index in [2.05, 4.69) is 21.0 Å². The molecule has 0 bridgehead atoms. The molecule has 4 nitrogen and oxygen atoms in total. The fourth-order valence-electron chi connectivity index (χ4n) is 1.99. The van der Waals surface area contributed by atoms with Crippen LogP contribution in [-0.2, 0) is 6.54 Å². The molecule has 0 amide bonds. The zero-order valence-corrected chi connectivity index (χ0v) is 12.9. The van der Waals surface area contributed by atoms with Crippen LogP contribution in [0.5, 0.6) is 0 Å². The Morgan fingerprint density at radius 1 is 1.40 bits per heavy atom. The number of carbonyl (C=O) groups excluding carboxylic acids is 1. The monoisotopic (exact) mass is 334 g/mol. The summed E-state index contributed by atoms with van der Waals surface area (Å²) in [6.45, 7) is 4.05. The SMILES string of the molecule is C/C=C/Cn1[nH]c(C)c(C(=O)c2ccccc2Br)c1=O. The van der Waals surface area contributed by atoms with Crippen LogP contribution in [-0.4, -0.2) is 15.6 Å². The number of hydrogen-bond acceptors (Lipinski definition) is 2. The quantitative estimate of drug-likeness (QED) is 0.690.